The molecule has 0 aliphatic heterocycles. The van der Waals surface area contributed by atoms with Crippen LogP contribution in [-0.2, 0) is 36.0 Å². The van der Waals surface area contributed by atoms with Gasteiger partial charge in [0.2, 0.25) is 0 Å². The Balaban J connectivity index is -0.0000000499. The van der Waals surface area contributed by atoms with Crippen LogP contribution in [0.3, 0.4) is 0 Å². The molecular formula is C14H23CoNO8. The third kappa shape index (κ3) is 50.6. The van der Waals surface area contributed by atoms with E-state index < -0.39 is 17.9 Å². The molecule has 0 atom stereocenters. The normalized spacial score (nSPS) is 6.25. The van der Waals surface area contributed by atoms with Gasteiger partial charge in [-0.25, -0.2) is 4.79 Å². The van der Waals surface area contributed by atoms with E-state index in [0.717, 1.165) is 13.8 Å². The molecule has 24 heavy (non-hydrogen) atoms. The molecule has 0 aliphatic rings. The summed E-state index contributed by atoms with van der Waals surface area (Å²) in [6.07, 6.45) is 0.250. The second-order valence-electron chi connectivity index (χ2n) is 3.05. The van der Waals surface area contributed by atoms with Gasteiger partial charge in [-0.1, -0.05) is 20.9 Å². The van der Waals surface area contributed by atoms with Gasteiger partial charge in [0.15, 0.2) is 0 Å². The Morgan fingerprint density at radius 1 is 0.958 bits per heavy atom. The van der Waals surface area contributed by atoms with Crippen molar-refractivity contribution in [2.24, 2.45) is 0 Å². The van der Waals surface area contributed by atoms with E-state index >= 15 is 0 Å². The average molecular weight is 392 g/mol. The molecule has 0 bridgehead atoms. The van der Waals surface area contributed by atoms with Gasteiger partial charge >= 0.3 is 12.1 Å². The SMILES string of the molecule is C.C.CC(=O)O.CC(=O)O.Nc1cccc(C(=O)O)c1.O=C=O.[Co]. The molecule has 10 heteroatoms. The second-order valence-corrected chi connectivity index (χ2v) is 3.05. The van der Waals surface area contributed by atoms with E-state index in [1.165, 1.54) is 12.1 Å². The van der Waals surface area contributed by atoms with Crippen LogP contribution in [0.4, 0.5) is 5.69 Å². The molecule has 1 aromatic rings. The third-order valence-corrected chi connectivity index (χ3v) is 1.13. The number of benzene rings is 1. The van der Waals surface area contributed by atoms with Crippen LogP contribution in [0, 0.1) is 0 Å². The molecule has 1 rings (SSSR count). The van der Waals surface area contributed by atoms with E-state index in [1.807, 2.05) is 0 Å². The van der Waals surface area contributed by atoms with Crippen molar-refractivity contribution in [1.29, 1.82) is 0 Å². The zero-order valence-corrected chi connectivity index (χ0v) is 12.6. The number of carbonyl (C=O) groups excluding carboxylic acids is 2. The fourth-order valence-corrected chi connectivity index (χ4v) is 0.672. The first-order valence-electron chi connectivity index (χ1n) is 5.05. The molecule has 0 heterocycles. The first-order chi connectivity index (χ1) is 9.58. The maximum atomic E-state index is 10.3. The van der Waals surface area contributed by atoms with Crippen molar-refractivity contribution in [3.05, 3.63) is 29.8 Å². The summed E-state index contributed by atoms with van der Waals surface area (Å²) < 4.78 is 0. The summed E-state index contributed by atoms with van der Waals surface area (Å²) in [6, 6.07) is 6.17. The Kier molecular flexibility index (Phi) is 39.5. The van der Waals surface area contributed by atoms with Crippen LogP contribution in [0.2, 0.25) is 0 Å². The van der Waals surface area contributed by atoms with Crippen LogP contribution in [-0.4, -0.2) is 39.4 Å². The summed E-state index contributed by atoms with van der Waals surface area (Å²) in [5.41, 5.74) is 6.03. The number of hydrogen-bond acceptors (Lipinski definition) is 6. The van der Waals surface area contributed by atoms with Crippen molar-refractivity contribution < 1.29 is 56.1 Å². The largest absolute Gasteiger partial charge is 0.481 e. The summed E-state index contributed by atoms with van der Waals surface area (Å²) >= 11 is 0. The quantitative estimate of drug-likeness (QED) is 0.520. The number of aromatic carboxylic acids is 1. The Labute approximate surface area is 150 Å². The van der Waals surface area contributed by atoms with Crippen molar-refractivity contribution in [1.82, 2.24) is 0 Å². The van der Waals surface area contributed by atoms with Gasteiger partial charge < -0.3 is 21.1 Å². The zero-order chi connectivity index (χ0) is 17.4. The van der Waals surface area contributed by atoms with E-state index in [-0.39, 0.29) is 43.3 Å². The number of nitrogens with two attached hydrogens (primary N) is 1. The van der Waals surface area contributed by atoms with E-state index in [9.17, 15) is 4.79 Å². The predicted molar refractivity (Wildman–Crippen MR) is 82.9 cm³/mol. The summed E-state index contributed by atoms with van der Waals surface area (Å²) in [5, 5.41) is 23.3. The van der Waals surface area contributed by atoms with Crippen molar-refractivity contribution in [2.75, 3.05) is 5.73 Å². The van der Waals surface area contributed by atoms with Crippen LogP contribution in [0.1, 0.15) is 39.1 Å². The van der Waals surface area contributed by atoms with Gasteiger partial charge in [-0.05, 0) is 18.2 Å². The Bertz CT molecular complexity index is 479. The van der Waals surface area contributed by atoms with Crippen molar-refractivity contribution in [3.8, 4) is 0 Å². The molecule has 141 valence electrons. The fourth-order valence-electron chi connectivity index (χ4n) is 0.672. The number of anilines is 1. The number of nitrogen functional groups attached to an aromatic ring is 1. The van der Waals surface area contributed by atoms with Gasteiger partial charge in [0.1, 0.15) is 0 Å². The maximum absolute atomic E-state index is 10.3. The molecule has 1 aromatic carbocycles. The first-order valence-corrected chi connectivity index (χ1v) is 5.05. The number of hydrogen-bond donors (Lipinski definition) is 4. The number of carbonyl (C=O) groups is 3. The molecule has 1 radical (unpaired) electrons. The smallest absolute Gasteiger partial charge is 0.373 e. The van der Waals surface area contributed by atoms with Crippen LogP contribution < -0.4 is 5.73 Å². The van der Waals surface area contributed by atoms with Crippen molar-refractivity contribution >= 4 is 29.7 Å². The molecule has 0 aliphatic carbocycles. The fraction of sp³-hybridized carbons (Fsp3) is 0.286. The number of carboxylic acid groups (broad SMARTS) is 3. The van der Waals surface area contributed by atoms with Crippen LogP contribution in [0.15, 0.2) is 24.3 Å². The van der Waals surface area contributed by atoms with Gasteiger partial charge in [-0.15, -0.1) is 0 Å². The molecule has 0 aromatic heterocycles. The van der Waals surface area contributed by atoms with Gasteiger partial charge in [0.05, 0.1) is 5.56 Å². The molecule has 0 fully saturated rings. The molecule has 0 amide bonds. The van der Waals surface area contributed by atoms with Crippen molar-refractivity contribution in [3.63, 3.8) is 0 Å². The van der Waals surface area contributed by atoms with Gasteiger partial charge in [0.25, 0.3) is 11.9 Å². The van der Waals surface area contributed by atoms with E-state index in [1.54, 1.807) is 12.1 Å². The topological polar surface area (TPSA) is 172 Å². The van der Waals surface area contributed by atoms with Gasteiger partial charge in [0, 0.05) is 36.3 Å². The molecule has 0 saturated carbocycles. The standard InChI is InChI=1S/C7H7NO2.2C2H4O2.CO2.2CH4.Co/c8-6-3-1-2-5(4-6)7(9)10;2*1-2(3)4;2-1-3;;;/h1-4H,8H2,(H,9,10);2*1H3,(H,3,4);;2*1H4;. The molecule has 5 N–H and O–H groups in total. The minimum absolute atomic E-state index is 0. The monoisotopic (exact) mass is 392 g/mol. The third-order valence-electron chi connectivity index (χ3n) is 1.13. The summed E-state index contributed by atoms with van der Waals surface area (Å²) in [4.78, 5) is 44.5. The van der Waals surface area contributed by atoms with E-state index in [2.05, 4.69) is 0 Å². The summed E-state index contributed by atoms with van der Waals surface area (Å²) in [6.45, 7) is 2.17. The molecule has 0 unspecified atom stereocenters. The molecule has 9 nitrogen and oxygen atoms in total. The predicted octanol–water partition coefficient (Wildman–Crippen LogP) is 1.83. The molecule has 0 spiro atoms. The molecular weight excluding hydrogens is 369 g/mol. The van der Waals surface area contributed by atoms with E-state index in [4.69, 9.17) is 40.2 Å². The second kappa shape index (κ2) is 25.3. The minimum Gasteiger partial charge on any atom is -0.481 e. The number of rotatable bonds is 1. The summed E-state index contributed by atoms with van der Waals surface area (Å²) in [5.74, 6) is -2.62. The van der Waals surface area contributed by atoms with E-state index in [0.29, 0.717) is 5.69 Å². The van der Waals surface area contributed by atoms with Crippen LogP contribution >= 0.6 is 0 Å². The number of carboxylic acids is 3. The first kappa shape index (κ1) is 37.5. The zero-order valence-electron chi connectivity index (χ0n) is 11.6. The Hall–Kier alpha value is -2.68. The molecule has 0 saturated heterocycles. The maximum Gasteiger partial charge on any atom is 0.373 e. The van der Waals surface area contributed by atoms with Crippen molar-refractivity contribution in [2.45, 2.75) is 28.7 Å². The Morgan fingerprint density at radius 3 is 1.42 bits per heavy atom. The van der Waals surface area contributed by atoms with Crippen LogP contribution in [0.5, 0.6) is 0 Å². The minimum atomic E-state index is -0.952. The average Bonchev–Trinajstić information content (AvgIpc) is 2.28. The van der Waals surface area contributed by atoms with Gasteiger partial charge in [-0.3, -0.25) is 9.59 Å². The summed E-state index contributed by atoms with van der Waals surface area (Å²) in [7, 11) is 0. The van der Waals surface area contributed by atoms with Gasteiger partial charge in [-0.2, -0.15) is 9.59 Å². The van der Waals surface area contributed by atoms with Crippen LogP contribution in [0.25, 0.3) is 0 Å². The Morgan fingerprint density at radius 2 is 1.25 bits per heavy atom. The number of aliphatic carboxylic acids is 2.